The Morgan fingerprint density at radius 1 is 1.09 bits per heavy atom. The van der Waals surface area contributed by atoms with E-state index in [2.05, 4.69) is 10.2 Å². The number of rotatable bonds is 8. The highest BCUT2D eigenvalue weighted by molar-refractivity contribution is 5.95. The molecule has 6 rings (SSSR count). The number of benzene rings is 2. The van der Waals surface area contributed by atoms with Crippen molar-refractivity contribution < 1.29 is 28.6 Å². The molecule has 3 aliphatic heterocycles. The van der Waals surface area contributed by atoms with E-state index in [1.54, 1.807) is 29.2 Å². The highest BCUT2D eigenvalue weighted by Gasteiger charge is 2.51. The van der Waals surface area contributed by atoms with E-state index in [-0.39, 0.29) is 35.5 Å². The maximum atomic E-state index is 14.0. The van der Waals surface area contributed by atoms with Gasteiger partial charge in [-0.2, -0.15) is 0 Å². The zero-order valence-corrected chi connectivity index (χ0v) is 24.2. The van der Waals surface area contributed by atoms with Crippen LogP contribution in [-0.2, 0) is 19.1 Å². The van der Waals surface area contributed by atoms with Crippen molar-refractivity contribution in [2.75, 3.05) is 37.9 Å². The lowest BCUT2D eigenvalue weighted by Gasteiger charge is -2.44. The third kappa shape index (κ3) is 5.29. The Bertz CT molecular complexity index is 1560. The SMILES string of the molecule is CCO[C@H]1OC(C(=O)N2CCC3(CC2)C(=O)NCN3c2ccccc2)=C[C@@H](c2coc3ccccc3c2=O)[C@@H]1CCCO. The van der Waals surface area contributed by atoms with Crippen molar-refractivity contribution >= 4 is 28.5 Å². The van der Waals surface area contributed by atoms with Crippen molar-refractivity contribution in [3.63, 3.8) is 0 Å². The van der Waals surface area contributed by atoms with E-state index in [1.807, 2.05) is 43.3 Å². The van der Waals surface area contributed by atoms with Gasteiger partial charge >= 0.3 is 0 Å². The molecule has 3 aliphatic rings. The number of para-hydroxylation sites is 2. The summed E-state index contributed by atoms with van der Waals surface area (Å²) in [6.45, 7) is 3.33. The molecule has 0 saturated carbocycles. The standard InChI is InChI=1S/C33H37N3O7/c1-2-41-31-23(12-8-18-37)25(26-20-42-27-13-7-6-11-24(27)29(26)38)19-28(43-31)30(39)35-16-14-33(15-17-35)32(40)34-21-36(33)22-9-4-3-5-10-22/h3-7,9-11,13,19-20,23,25,31,37H,2,8,12,14-18,21H2,1H3,(H,34,40)/t23-,25+,31-/m0/s1. The van der Waals surface area contributed by atoms with E-state index in [4.69, 9.17) is 13.9 Å². The molecule has 3 aromatic rings. The first-order valence-electron chi connectivity index (χ1n) is 15.0. The Labute approximate surface area is 249 Å². The number of hydrogen-bond acceptors (Lipinski definition) is 8. The van der Waals surface area contributed by atoms with E-state index in [0.29, 0.717) is 68.6 Å². The molecule has 0 radical (unpaired) electrons. The van der Waals surface area contributed by atoms with Crippen LogP contribution >= 0.6 is 0 Å². The zero-order chi connectivity index (χ0) is 30.0. The number of aliphatic hydroxyl groups is 1. The quantitative estimate of drug-likeness (QED) is 0.411. The van der Waals surface area contributed by atoms with Crippen LogP contribution < -0.4 is 15.6 Å². The predicted molar refractivity (Wildman–Crippen MR) is 160 cm³/mol. The van der Waals surface area contributed by atoms with Gasteiger partial charge in [0, 0.05) is 49.4 Å². The van der Waals surface area contributed by atoms with Gasteiger partial charge < -0.3 is 34.1 Å². The first kappa shape index (κ1) is 28.9. The van der Waals surface area contributed by atoms with Gasteiger partial charge in [0.25, 0.3) is 5.91 Å². The average molecular weight is 588 g/mol. The molecule has 2 amide bonds. The van der Waals surface area contributed by atoms with Gasteiger partial charge in [-0.25, -0.2) is 0 Å². The van der Waals surface area contributed by atoms with Crippen LogP contribution in [0.2, 0.25) is 0 Å². The Morgan fingerprint density at radius 2 is 1.84 bits per heavy atom. The second kappa shape index (κ2) is 12.2. The molecule has 2 aromatic carbocycles. The van der Waals surface area contributed by atoms with Gasteiger partial charge in [0.15, 0.2) is 11.2 Å². The second-order valence-corrected chi connectivity index (χ2v) is 11.3. The molecule has 3 atom stereocenters. The number of nitrogens with zero attached hydrogens (tertiary/aromatic N) is 2. The van der Waals surface area contributed by atoms with Crippen LogP contribution in [0, 0.1) is 5.92 Å². The predicted octanol–water partition coefficient (Wildman–Crippen LogP) is 3.50. The van der Waals surface area contributed by atoms with E-state index < -0.39 is 17.7 Å². The van der Waals surface area contributed by atoms with Crippen LogP contribution in [0.25, 0.3) is 11.0 Å². The highest BCUT2D eigenvalue weighted by atomic mass is 16.7. The molecule has 10 heteroatoms. The molecular weight excluding hydrogens is 550 g/mol. The summed E-state index contributed by atoms with van der Waals surface area (Å²) in [5.74, 6) is -1.06. The summed E-state index contributed by atoms with van der Waals surface area (Å²) in [5, 5.41) is 13.1. The molecule has 1 aromatic heterocycles. The number of likely N-dealkylation sites (tertiary alicyclic amines) is 1. The molecule has 1 spiro atoms. The van der Waals surface area contributed by atoms with E-state index in [9.17, 15) is 19.5 Å². The first-order valence-corrected chi connectivity index (χ1v) is 15.0. The van der Waals surface area contributed by atoms with E-state index in [0.717, 1.165) is 5.69 Å². The van der Waals surface area contributed by atoms with Crippen molar-refractivity contribution in [1.82, 2.24) is 10.2 Å². The maximum absolute atomic E-state index is 14.0. The monoisotopic (exact) mass is 587 g/mol. The van der Waals surface area contributed by atoms with Crippen LogP contribution in [0.3, 0.4) is 0 Å². The normalized spacial score (nSPS) is 23.3. The van der Waals surface area contributed by atoms with Crippen molar-refractivity contribution in [3.8, 4) is 0 Å². The highest BCUT2D eigenvalue weighted by Crippen LogP contribution is 2.41. The van der Waals surface area contributed by atoms with Gasteiger partial charge in [-0.15, -0.1) is 0 Å². The molecule has 226 valence electrons. The lowest BCUT2D eigenvalue weighted by atomic mass is 9.80. The summed E-state index contributed by atoms with van der Waals surface area (Å²) in [5.41, 5.74) is 0.965. The number of amides is 2. The molecule has 2 saturated heterocycles. The molecule has 0 bridgehead atoms. The smallest absolute Gasteiger partial charge is 0.288 e. The Morgan fingerprint density at radius 3 is 2.58 bits per heavy atom. The fourth-order valence-corrected chi connectivity index (χ4v) is 6.71. The molecule has 4 heterocycles. The van der Waals surface area contributed by atoms with Crippen molar-refractivity contribution in [3.05, 3.63) is 88.5 Å². The fraction of sp³-hybridized carbons (Fsp3) is 0.424. The minimum atomic E-state index is -0.790. The van der Waals surface area contributed by atoms with Gasteiger partial charge in [0.2, 0.25) is 12.2 Å². The van der Waals surface area contributed by atoms with Crippen molar-refractivity contribution in [2.45, 2.75) is 50.4 Å². The maximum Gasteiger partial charge on any atom is 0.288 e. The van der Waals surface area contributed by atoms with Crippen LogP contribution in [0.1, 0.15) is 44.1 Å². The summed E-state index contributed by atoms with van der Waals surface area (Å²) < 4.78 is 18.0. The number of carbonyl (C=O) groups excluding carboxylic acids is 2. The minimum absolute atomic E-state index is 0.0208. The Kier molecular flexibility index (Phi) is 8.23. The van der Waals surface area contributed by atoms with E-state index in [1.165, 1.54) is 6.26 Å². The summed E-state index contributed by atoms with van der Waals surface area (Å²) >= 11 is 0. The third-order valence-corrected chi connectivity index (χ3v) is 8.97. The number of anilines is 1. The van der Waals surface area contributed by atoms with E-state index >= 15 is 0 Å². The fourth-order valence-electron chi connectivity index (χ4n) is 6.71. The summed E-state index contributed by atoms with van der Waals surface area (Å²) in [6, 6.07) is 16.9. The van der Waals surface area contributed by atoms with Gasteiger partial charge in [0.1, 0.15) is 11.1 Å². The molecule has 0 unspecified atom stereocenters. The largest absolute Gasteiger partial charge is 0.464 e. The molecule has 2 N–H and O–H groups in total. The van der Waals surface area contributed by atoms with Gasteiger partial charge in [-0.1, -0.05) is 30.3 Å². The summed E-state index contributed by atoms with van der Waals surface area (Å²) in [6.07, 6.45) is 4.34. The number of piperidine rings is 1. The lowest BCUT2D eigenvalue weighted by molar-refractivity contribution is -0.171. The zero-order valence-electron chi connectivity index (χ0n) is 24.2. The number of aliphatic hydroxyl groups excluding tert-OH is 1. The molecule has 10 nitrogen and oxygen atoms in total. The van der Waals surface area contributed by atoms with Crippen molar-refractivity contribution in [1.29, 1.82) is 0 Å². The number of allylic oxidation sites excluding steroid dienone is 1. The Hall–Kier alpha value is -4.15. The molecule has 0 aliphatic carbocycles. The Balaban J connectivity index is 1.29. The lowest BCUT2D eigenvalue weighted by Crippen LogP contribution is -2.57. The second-order valence-electron chi connectivity index (χ2n) is 11.3. The van der Waals surface area contributed by atoms with Crippen LogP contribution in [-0.4, -0.2) is 66.6 Å². The first-order chi connectivity index (χ1) is 21.0. The van der Waals surface area contributed by atoms with Crippen LogP contribution in [0.5, 0.6) is 0 Å². The van der Waals surface area contributed by atoms with Crippen LogP contribution in [0.15, 0.2) is 81.9 Å². The minimum Gasteiger partial charge on any atom is -0.464 e. The molecule has 2 fully saturated rings. The van der Waals surface area contributed by atoms with Gasteiger partial charge in [-0.3, -0.25) is 14.4 Å². The number of fused-ring (bicyclic) bond motifs is 1. The van der Waals surface area contributed by atoms with Gasteiger partial charge in [-0.05, 0) is 62.9 Å². The summed E-state index contributed by atoms with van der Waals surface area (Å²) in [4.78, 5) is 44.5. The number of hydrogen-bond donors (Lipinski definition) is 2. The third-order valence-electron chi connectivity index (χ3n) is 8.97. The van der Waals surface area contributed by atoms with Crippen molar-refractivity contribution in [2.24, 2.45) is 5.92 Å². The van der Waals surface area contributed by atoms with Gasteiger partial charge in [0.05, 0.1) is 18.3 Å². The number of nitrogens with one attached hydrogen (secondary N) is 1. The van der Waals surface area contributed by atoms with Crippen LogP contribution in [0.4, 0.5) is 5.69 Å². The topological polar surface area (TPSA) is 122 Å². The summed E-state index contributed by atoms with van der Waals surface area (Å²) in [7, 11) is 0. The number of ether oxygens (including phenoxy) is 2. The molecular formula is C33H37N3O7. The number of carbonyl (C=O) groups is 2. The molecule has 43 heavy (non-hydrogen) atoms. The average Bonchev–Trinajstić information content (AvgIpc) is 3.35.